The van der Waals surface area contributed by atoms with Crippen LogP contribution in [0.25, 0.3) is 0 Å². The molecule has 0 N–H and O–H groups in total. The molecule has 36 valence electrons. The third-order valence-electron chi connectivity index (χ3n) is 1.05. The highest BCUT2D eigenvalue weighted by molar-refractivity contribution is 6.19. The summed E-state index contributed by atoms with van der Waals surface area (Å²) in [6.07, 6.45) is 2.07. The molecule has 0 rings (SSSR count). The second kappa shape index (κ2) is 3.37. The summed E-state index contributed by atoms with van der Waals surface area (Å²) in [5.41, 5.74) is 0.900. The number of hydrogen-bond acceptors (Lipinski definition) is 0. The Labute approximate surface area is 45.5 Å². The highest BCUT2D eigenvalue weighted by Crippen LogP contribution is 2.00. The molecule has 1 unspecified atom stereocenters. The van der Waals surface area contributed by atoms with Crippen LogP contribution >= 0.6 is 0 Å². The predicted molar refractivity (Wildman–Crippen MR) is 38.6 cm³/mol. The van der Waals surface area contributed by atoms with Crippen LogP contribution in [0.5, 0.6) is 0 Å². The van der Waals surface area contributed by atoms with Gasteiger partial charge in [0.15, 0.2) is 0 Å². The normalized spacial score (nSPS) is 14.7. The standard InChI is InChI=1S/C4H12Si2/c1-2-4(6)3-5/h2,4H,1,3H2,5-6H3. The number of rotatable bonds is 2. The molecule has 6 heavy (non-hydrogen) atoms. The van der Waals surface area contributed by atoms with Gasteiger partial charge in [-0.3, -0.25) is 0 Å². The van der Waals surface area contributed by atoms with Crippen LogP contribution in [0, 0.1) is 0 Å². The summed E-state index contributed by atoms with van der Waals surface area (Å²) in [6.45, 7) is 3.69. The molecule has 0 spiro atoms. The van der Waals surface area contributed by atoms with Crippen LogP contribution in [0.2, 0.25) is 11.6 Å². The minimum Gasteiger partial charge on any atom is -0.103 e. The van der Waals surface area contributed by atoms with E-state index in [-0.39, 0.29) is 0 Å². The van der Waals surface area contributed by atoms with Gasteiger partial charge in [-0.15, -0.1) is 6.58 Å². The van der Waals surface area contributed by atoms with E-state index in [1.165, 1.54) is 26.5 Å². The molecule has 0 nitrogen and oxygen atoms in total. The first-order chi connectivity index (χ1) is 2.81. The van der Waals surface area contributed by atoms with Crippen molar-refractivity contribution in [3.8, 4) is 0 Å². The fourth-order valence-corrected chi connectivity index (χ4v) is 0.500. The zero-order valence-electron chi connectivity index (χ0n) is 4.57. The van der Waals surface area contributed by atoms with Crippen molar-refractivity contribution in [2.45, 2.75) is 11.6 Å². The number of allylic oxidation sites excluding steroid dienone is 1. The molecule has 0 saturated heterocycles. The summed E-state index contributed by atoms with van der Waals surface area (Å²) in [7, 11) is 2.65. The van der Waals surface area contributed by atoms with Crippen molar-refractivity contribution in [1.82, 2.24) is 0 Å². The van der Waals surface area contributed by atoms with Crippen molar-refractivity contribution >= 4 is 20.5 Å². The molecular weight excluding hydrogens is 104 g/mol. The van der Waals surface area contributed by atoms with Crippen LogP contribution in [0.1, 0.15) is 0 Å². The Bertz CT molecular complexity index is 42.8. The molecule has 0 aliphatic carbocycles. The summed E-state index contributed by atoms with van der Waals surface area (Å²) in [5.74, 6) is 0. The van der Waals surface area contributed by atoms with E-state index in [4.69, 9.17) is 0 Å². The molecule has 0 saturated carbocycles. The molecule has 0 aromatic heterocycles. The molecule has 0 aliphatic heterocycles. The molecule has 0 aliphatic rings. The molecule has 0 heterocycles. The minimum absolute atomic E-state index is 0.900. The summed E-state index contributed by atoms with van der Waals surface area (Å²) in [6, 6.07) is 1.41. The van der Waals surface area contributed by atoms with Crippen LogP contribution in [0.15, 0.2) is 12.7 Å². The van der Waals surface area contributed by atoms with E-state index in [1.54, 1.807) is 0 Å². The first kappa shape index (κ1) is 6.17. The van der Waals surface area contributed by atoms with Gasteiger partial charge in [-0.25, -0.2) is 0 Å². The Balaban J connectivity index is 2.96. The molecule has 1 atom stereocenters. The van der Waals surface area contributed by atoms with Crippen LogP contribution < -0.4 is 0 Å². The zero-order chi connectivity index (χ0) is 4.99. The highest BCUT2D eigenvalue weighted by atomic mass is 28.2. The fourth-order valence-electron chi connectivity index (χ4n) is 0.167. The third-order valence-corrected chi connectivity index (χ3v) is 5.26. The van der Waals surface area contributed by atoms with Crippen molar-refractivity contribution < 1.29 is 0 Å². The summed E-state index contributed by atoms with van der Waals surface area (Å²) >= 11 is 0. The zero-order valence-corrected chi connectivity index (χ0v) is 8.57. The largest absolute Gasteiger partial charge is 0.103 e. The van der Waals surface area contributed by atoms with Crippen molar-refractivity contribution in [1.29, 1.82) is 0 Å². The molecule has 0 amide bonds. The van der Waals surface area contributed by atoms with Gasteiger partial charge in [-0.05, 0) is 5.54 Å². The van der Waals surface area contributed by atoms with Crippen LogP contribution in [-0.2, 0) is 0 Å². The Morgan fingerprint density at radius 3 is 2.33 bits per heavy atom. The minimum atomic E-state index is 0.900. The van der Waals surface area contributed by atoms with E-state index in [0.29, 0.717) is 0 Å². The Morgan fingerprint density at radius 1 is 1.83 bits per heavy atom. The lowest BCUT2D eigenvalue weighted by atomic mass is 10.5. The molecule has 0 radical (unpaired) electrons. The molecule has 0 aromatic rings. The molecular formula is C4H12Si2. The van der Waals surface area contributed by atoms with Crippen molar-refractivity contribution in [3.05, 3.63) is 12.7 Å². The van der Waals surface area contributed by atoms with E-state index in [0.717, 1.165) is 5.54 Å². The van der Waals surface area contributed by atoms with Gasteiger partial charge in [-0.1, -0.05) is 12.1 Å². The number of hydrogen-bond donors (Lipinski definition) is 0. The van der Waals surface area contributed by atoms with Gasteiger partial charge >= 0.3 is 0 Å². The lowest BCUT2D eigenvalue weighted by Crippen LogP contribution is -1.81. The summed E-state index contributed by atoms with van der Waals surface area (Å²) < 4.78 is 0. The monoisotopic (exact) mass is 116 g/mol. The molecule has 0 aromatic carbocycles. The first-order valence-corrected chi connectivity index (χ1v) is 5.00. The van der Waals surface area contributed by atoms with E-state index >= 15 is 0 Å². The predicted octanol–water partition coefficient (Wildman–Crippen LogP) is -0.890. The SMILES string of the molecule is C=CC([SiH3])C[SiH3]. The second-order valence-corrected chi connectivity index (χ2v) is 3.92. The van der Waals surface area contributed by atoms with Gasteiger partial charge < -0.3 is 0 Å². The van der Waals surface area contributed by atoms with E-state index < -0.39 is 0 Å². The third kappa shape index (κ3) is 2.41. The van der Waals surface area contributed by atoms with E-state index in [2.05, 4.69) is 12.7 Å². The van der Waals surface area contributed by atoms with Crippen LogP contribution in [-0.4, -0.2) is 20.5 Å². The lowest BCUT2D eigenvalue weighted by Gasteiger charge is -1.93. The summed E-state index contributed by atoms with van der Waals surface area (Å²) in [4.78, 5) is 0. The van der Waals surface area contributed by atoms with Gasteiger partial charge in [0.1, 0.15) is 0 Å². The maximum atomic E-state index is 3.69. The van der Waals surface area contributed by atoms with Crippen molar-refractivity contribution in [2.24, 2.45) is 0 Å². The van der Waals surface area contributed by atoms with Crippen molar-refractivity contribution in [2.75, 3.05) is 0 Å². The van der Waals surface area contributed by atoms with Crippen molar-refractivity contribution in [3.63, 3.8) is 0 Å². The van der Waals surface area contributed by atoms with Crippen LogP contribution in [0.4, 0.5) is 0 Å². The average molecular weight is 116 g/mol. The van der Waals surface area contributed by atoms with Gasteiger partial charge in [0.05, 0.1) is 0 Å². The molecule has 0 fully saturated rings. The van der Waals surface area contributed by atoms with Crippen LogP contribution in [0.3, 0.4) is 0 Å². The Morgan fingerprint density at radius 2 is 2.33 bits per heavy atom. The molecule has 2 heteroatoms. The second-order valence-electron chi connectivity index (χ2n) is 1.62. The van der Waals surface area contributed by atoms with Gasteiger partial charge in [0.25, 0.3) is 0 Å². The smallest absolute Gasteiger partial charge is 0.0111 e. The van der Waals surface area contributed by atoms with Gasteiger partial charge in [-0.2, -0.15) is 0 Å². The first-order valence-electron chi connectivity index (χ1n) is 2.43. The van der Waals surface area contributed by atoms with E-state index in [9.17, 15) is 0 Å². The Hall–Kier alpha value is 0.174. The summed E-state index contributed by atoms with van der Waals surface area (Å²) in [5, 5.41) is 0. The lowest BCUT2D eigenvalue weighted by molar-refractivity contribution is 1.21. The van der Waals surface area contributed by atoms with Gasteiger partial charge in [0, 0.05) is 20.5 Å². The van der Waals surface area contributed by atoms with Gasteiger partial charge in [0.2, 0.25) is 0 Å². The molecule has 0 bridgehead atoms. The fraction of sp³-hybridized carbons (Fsp3) is 0.500. The topological polar surface area (TPSA) is 0 Å². The van der Waals surface area contributed by atoms with E-state index in [1.807, 2.05) is 0 Å². The average Bonchev–Trinajstić information content (AvgIpc) is 1.65. The highest BCUT2D eigenvalue weighted by Gasteiger charge is 1.84. The maximum absolute atomic E-state index is 3.69. The maximum Gasteiger partial charge on any atom is 0.0111 e. The quantitative estimate of drug-likeness (QED) is 0.324. The Kier molecular flexibility index (Phi) is 3.46.